The van der Waals surface area contributed by atoms with Crippen LogP contribution in [0.1, 0.15) is 22.5 Å². The molecule has 4 nitrogen and oxygen atoms in total. The van der Waals surface area contributed by atoms with Crippen molar-refractivity contribution in [3.05, 3.63) is 118 Å². The van der Waals surface area contributed by atoms with Gasteiger partial charge in [0, 0.05) is 44.5 Å². The second-order valence-corrected chi connectivity index (χ2v) is 9.15. The number of halogens is 1. The number of aliphatic imine (C=N–C) groups is 1. The third-order valence-corrected chi connectivity index (χ3v) is 6.45. The number of aromatic nitrogens is 1. The highest BCUT2D eigenvalue weighted by Gasteiger charge is 2.22. The third kappa shape index (κ3) is 4.37. The molecule has 0 radical (unpaired) electrons. The molecule has 0 fully saturated rings. The summed E-state index contributed by atoms with van der Waals surface area (Å²) in [5.74, 6) is 0.942. The topological polar surface area (TPSA) is 54.2 Å². The molecule has 0 amide bonds. The minimum Gasteiger partial charge on any atom is -0.436 e. The van der Waals surface area contributed by atoms with Crippen molar-refractivity contribution in [1.29, 1.82) is 5.26 Å². The number of hydrogen-bond acceptors (Lipinski definition) is 3. The van der Waals surface area contributed by atoms with E-state index in [1.54, 1.807) is 6.21 Å². The van der Waals surface area contributed by atoms with Gasteiger partial charge >= 0.3 is 0 Å². The van der Waals surface area contributed by atoms with E-state index >= 15 is 0 Å². The molecule has 0 N–H and O–H groups in total. The van der Waals surface area contributed by atoms with Gasteiger partial charge in [-0.25, -0.2) is 4.99 Å². The summed E-state index contributed by atoms with van der Waals surface area (Å²) in [5.41, 5.74) is 7.18. The molecular formula is C30H22BrN3O. The van der Waals surface area contributed by atoms with Crippen LogP contribution in [0.3, 0.4) is 0 Å². The average molecular weight is 520 g/mol. The Morgan fingerprint density at radius 2 is 1.57 bits per heavy atom. The van der Waals surface area contributed by atoms with Crippen molar-refractivity contribution in [2.24, 2.45) is 4.99 Å². The van der Waals surface area contributed by atoms with E-state index in [1.807, 2.05) is 72.8 Å². The number of aryl methyl sites for hydroxylation is 1. The normalized spacial score (nSPS) is 11.1. The molecule has 0 aliphatic heterocycles. The molecule has 0 saturated heterocycles. The monoisotopic (exact) mass is 519 g/mol. The van der Waals surface area contributed by atoms with Crippen LogP contribution in [-0.4, -0.2) is 10.8 Å². The lowest BCUT2D eigenvalue weighted by Crippen LogP contribution is -1.99. The molecule has 0 atom stereocenters. The Balaban J connectivity index is 1.62. The van der Waals surface area contributed by atoms with E-state index in [2.05, 4.69) is 63.6 Å². The van der Waals surface area contributed by atoms with Gasteiger partial charge in [0.05, 0.1) is 0 Å². The lowest BCUT2D eigenvalue weighted by atomic mass is 9.98. The molecule has 0 spiro atoms. The summed E-state index contributed by atoms with van der Waals surface area (Å²) in [7, 11) is 0. The second kappa shape index (κ2) is 9.61. The van der Waals surface area contributed by atoms with Crippen LogP contribution < -0.4 is 0 Å². The maximum absolute atomic E-state index is 10.1. The summed E-state index contributed by atoms with van der Waals surface area (Å²) >= 11 is 3.56. The average Bonchev–Trinajstić information content (AvgIpc) is 3.39. The highest BCUT2D eigenvalue weighted by molar-refractivity contribution is 9.10. The van der Waals surface area contributed by atoms with Gasteiger partial charge in [0.25, 0.3) is 0 Å². The van der Waals surface area contributed by atoms with Crippen LogP contribution in [0.5, 0.6) is 0 Å². The Bertz CT molecular complexity index is 1570. The number of rotatable bonds is 5. The third-order valence-electron chi connectivity index (χ3n) is 5.96. The number of nitriles is 1. The zero-order chi connectivity index (χ0) is 24.4. The summed E-state index contributed by atoms with van der Waals surface area (Å²) in [5, 5.41) is 10.1. The molecule has 170 valence electrons. The Hall–Kier alpha value is -4.14. The fraction of sp³-hybridized carbons (Fsp3) is 0.0667. The Labute approximate surface area is 212 Å². The molecule has 5 rings (SSSR count). The summed E-state index contributed by atoms with van der Waals surface area (Å²) < 4.78 is 9.45. The Morgan fingerprint density at radius 3 is 2.23 bits per heavy atom. The minimum atomic E-state index is 0.303. The van der Waals surface area contributed by atoms with Gasteiger partial charge in [0.1, 0.15) is 17.4 Å². The van der Waals surface area contributed by atoms with Crippen LogP contribution in [0.25, 0.3) is 28.1 Å². The van der Waals surface area contributed by atoms with Crippen LogP contribution in [0.15, 0.2) is 105 Å². The zero-order valence-electron chi connectivity index (χ0n) is 19.4. The zero-order valence-corrected chi connectivity index (χ0v) is 21.0. The van der Waals surface area contributed by atoms with Crippen LogP contribution in [0.2, 0.25) is 0 Å². The maximum atomic E-state index is 10.1. The first kappa shape index (κ1) is 22.6. The number of furan rings is 1. The largest absolute Gasteiger partial charge is 0.436 e. The van der Waals surface area contributed by atoms with Crippen LogP contribution in [-0.2, 0) is 0 Å². The van der Waals surface area contributed by atoms with E-state index in [-0.39, 0.29) is 0 Å². The summed E-state index contributed by atoms with van der Waals surface area (Å²) in [6.07, 6.45) is 1.78. The molecule has 5 aromatic rings. The first-order valence-corrected chi connectivity index (χ1v) is 12.0. The maximum Gasteiger partial charge on any atom is 0.238 e. The highest BCUT2D eigenvalue weighted by Crippen LogP contribution is 2.42. The van der Waals surface area contributed by atoms with Gasteiger partial charge in [-0.05, 0) is 43.7 Å². The Morgan fingerprint density at radius 1 is 0.886 bits per heavy atom. The molecule has 0 aliphatic rings. The fourth-order valence-electron chi connectivity index (χ4n) is 4.35. The van der Waals surface area contributed by atoms with Gasteiger partial charge in [-0.1, -0.05) is 82.7 Å². The molecule has 0 unspecified atom stereocenters. The molecule has 3 aromatic carbocycles. The van der Waals surface area contributed by atoms with E-state index in [1.165, 1.54) is 0 Å². The summed E-state index contributed by atoms with van der Waals surface area (Å²) in [6.45, 7) is 4.13. The molecule has 2 heterocycles. The van der Waals surface area contributed by atoms with Crippen molar-refractivity contribution in [2.75, 3.05) is 0 Å². The van der Waals surface area contributed by atoms with Crippen molar-refractivity contribution in [1.82, 2.24) is 4.57 Å². The lowest BCUT2D eigenvalue weighted by molar-refractivity contribution is 0.593. The molecule has 35 heavy (non-hydrogen) atoms. The van der Waals surface area contributed by atoms with Crippen molar-refractivity contribution >= 4 is 28.0 Å². The van der Waals surface area contributed by atoms with Gasteiger partial charge in [-0.15, -0.1) is 0 Å². The Kier molecular flexibility index (Phi) is 6.22. The molecule has 0 bridgehead atoms. The number of benzene rings is 3. The van der Waals surface area contributed by atoms with E-state index in [0.717, 1.165) is 43.8 Å². The predicted molar refractivity (Wildman–Crippen MR) is 144 cm³/mol. The van der Waals surface area contributed by atoms with Gasteiger partial charge in [-0.2, -0.15) is 5.26 Å². The van der Waals surface area contributed by atoms with Gasteiger partial charge in [0.2, 0.25) is 5.88 Å². The van der Waals surface area contributed by atoms with Crippen molar-refractivity contribution in [3.8, 4) is 34.2 Å². The van der Waals surface area contributed by atoms with Crippen molar-refractivity contribution < 1.29 is 4.42 Å². The SMILES string of the molecule is Cc1cc(C=Nc2oc(-c3ccccc3)c(-c3ccccc3)c2C#N)c(C)n1-c1cccc(Br)c1. The lowest BCUT2D eigenvalue weighted by Gasteiger charge is -2.09. The van der Waals surface area contributed by atoms with E-state index in [9.17, 15) is 5.26 Å². The van der Waals surface area contributed by atoms with E-state index in [0.29, 0.717) is 17.2 Å². The van der Waals surface area contributed by atoms with Gasteiger partial charge < -0.3 is 8.98 Å². The van der Waals surface area contributed by atoms with Crippen LogP contribution in [0.4, 0.5) is 5.88 Å². The summed E-state index contributed by atoms with van der Waals surface area (Å²) in [4.78, 5) is 4.67. The number of nitrogens with zero attached hydrogens (tertiary/aromatic N) is 3. The number of hydrogen-bond donors (Lipinski definition) is 0. The first-order valence-electron chi connectivity index (χ1n) is 11.2. The molecule has 0 aliphatic carbocycles. The van der Waals surface area contributed by atoms with Gasteiger partial charge in [-0.3, -0.25) is 0 Å². The van der Waals surface area contributed by atoms with Gasteiger partial charge in [0.15, 0.2) is 0 Å². The summed E-state index contributed by atoms with van der Waals surface area (Å²) in [6, 6.07) is 32.3. The second-order valence-electron chi connectivity index (χ2n) is 8.23. The first-order chi connectivity index (χ1) is 17.1. The highest BCUT2D eigenvalue weighted by atomic mass is 79.9. The standard InChI is InChI=1S/C30H22BrN3O/c1-20-16-24(21(2)34(20)26-15-9-14-25(31)17-26)19-33-30-27(18-32)28(22-10-5-3-6-11-22)29(35-30)23-12-7-4-8-13-23/h3-17,19H,1-2H3. The van der Waals surface area contributed by atoms with Crippen LogP contribution in [0, 0.1) is 25.2 Å². The smallest absolute Gasteiger partial charge is 0.238 e. The van der Waals surface area contributed by atoms with Crippen molar-refractivity contribution in [3.63, 3.8) is 0 Å². The molecule has 2 aromatic heterocycles. The predicted octanol–water partition coefficient (Wildman–Crippen LogP) is 8.41. The van der Waals surface area contributed by atoms with Crippen LogP contribution >= 0.6 is 15.9 Å². The van der Waals surface area contributed by atoms with Crippen molar-refractivity contribution in [2.45, 2.75) is 13.8 Å². The molecular weight excluding hydrogens is 498 g/mol. The fourth-order valence-corrected chi connectivity index (χ4v) is 4.73. The van der Waals surface area contributed by atoms with E-state index in [4.69, 9.17) is 4.42 Å². The minimum absolute atomic E-state index is 0.303. The molecule has 5 heteroatoms. The van der Waals surface area contributed by atoms with E-state index < -0.39 is 0 Å². The molecule has 0 saturated carbocycles. The quantitative estimate of drug-likeness (QED) is 0.219.